The van der Waals surface area contributed by atoms with Crippen LogP contribution in [0.4, 0.5) is 0 Å². The third-order valence-electron chi connectivity index (χ3n) is 1.70. The molecule has 1 aliphatic carbocycles. The van der Waals surface area contributed by atoms with Crippen molar-refractivity contribution in [2.24, 2.45) is 5.92 Å². The fourth-order valence-electron chi connectivity index (χ4n) is 0.848. The number of nitrogens with zero attached hydrogens (tertiary/aromatic N) is 2. The summed E-state index contributed by atoms with van der Waals surface area (Å²) in [5.74, 6) is 1.41. The first kappa shape index (κ1) is 6.58. The second-order valence-corrected chi connectivity index (χ2v) is 2.80. The van der Waals surface area contributed by atoms with Gasteiger partial charge in [-0.1, -0.05) is 0 Å². The van der Waals surface area contributed by atoms with Gasteiger partial charge in [0.15, 0.2) is 0 Å². The zero-order valence-electron chi connectivity index (χ0n) is 6.23. The van der Waals surface area contributed by atoms with Crippen LogP contribution in [0.5, 0.6) is 5.88 Å². The zero-order chi connectivity index (χ0) is 7.52. The lowest BCUT2D eigenvalue weighted by atomic mass is 10.5. The van der Waals surface area contributed by atoms with E-state index in [0.717, 1.165) is 12.5 Å². The highest BCUT2D eigenvalue weighted by Crippen LogP contribution is 2.28. The smallest absolute Gasteiger partial charge is 0.232 e. The summed E-state index contributed by atoms with van der Waals surface area (Å²) in [5.41, 5.74) is 0. The van der Waals surface area contributed by atoms with Gasteiger partial charge in [0, 0.05) is 12.4 Å². The summed E-state index contributed by atoms with van der Waals surface area (Å²) >= 11 is 0. The van der Waals surface area contributed by atoms with Crippen molar-refractivity contribution in [2.45, 2.75) is 12.8 Å². The van der Waals surface area contributed by atoms with Crippen molar-refractivity contribution in [3.05, 3.63) is 18.6 Å². The minimum Gasteiger partial charge on any atom is -0.476 e. The number of ether oxygens (including phenoxy) is 1. The van der Waals surface area contributed by atoms with Crippen LogP contribution in [0.3, 0.4) is 0 Å². The molecule has 1 aliphatic rings. The molecular weight excluding hydrogens is 140 g/mol. The van der Waals surface area contributed by atoms with E-state index in [0.29, 0.717) is 5.88 Å². The second kappa shape index (κ2) is 2.86. The average Bonchev–Trinajstić information content (AvgIpc) is 2.86. The van der Waals surface area contributed by atoms with Crippen molar-refractivity contribution in [2.75, 3.05) is 6.61 Å². The van der Waals surface area contributed by atoms with Gasteiger partial charge in [-0.15, -0.1) is 0 Å². The van der Waals surface area contributed by atoms with Crippen LogP contribution in [0.25, 0.3) is 0 Å². The maximum atomic E-state index is 5.36. The van der Waals surface area contributed by atoms with E-state index in [1.165, 1.54) is 12.8 Å². The van der Waals surface area contributed by atoms with Crippen molar-refractivity contribution in [1.29, 1.82) is 0 Å². The molecule has 0 N–H and O–H groups in total. The van der Waals surface area contributed by atoms with E-state index in [1.807, 2.05) is 0 Å². The van der Waals surface area contributed by atoms with Crippen LogP contribution in [0, 0.1) is 5.92 Å². The van der Waals surface area contributed by atoms with Gasteiger partial charge in [0.1, 0.15) is 0 Å². The summed E-state index contributed by atoms with van der Waals surface area (Å²) in [6.45, 7) is 0.804. The van der Waals surface area contributed by atoms with E-state index in [1.54, 1.807) is 18.6 Å². The van der Waals surface area contributed by atoms with Crippen molar-refractivity contribution in [3.63, 3.8) is 0 Å². The van der Waals surface area contributed by atoms with E-state index < -0.39 is 0 Å². The maximum absolute atomic E-state index is 5.36. The Hall–Kier alpha value is -1.12. The Kier molecular flexibility index (Phi) is 1.71. The SMILES string of the molecule is c1cnc(OCC2CC2)cn1. The largest absolute Gasteiger partial charge is 0.476 e. The number of aromatic nitrogens is 2. The summed E-state index contributed by atoms with van der Waals surface area (Å²) < 4.78 is 5.36. The Balaban J connectivity index is 1.85. The molecule has 1 heterocycles. The third-order valence-corrected chi connectivity index (χ3v) is 1.70. The summed E-state index contributed by atoms with van der Waals surface area (Å²) in [4.78, 5) is 7.89. The molecule has 0 saturated heterocycles. The van der Waals surface area contributed by atoms with Gasteiger partial charge in [-0.2, -0.15) is 0 Å². The van der Waals surface area contributed by atoms with E-state index in [9.17, 15) is 0 Å². The van der Waals surface area contributed by atoms with Crippen LogP contribution >= 0.6 is 0 Å². The Morgan fingerprint density at radius 3 is 3.00 bits per heavy atom. The van der Waals surface area contributed by atoms with Crippen LogP contribution in [-0.4, -0.2) is 16.6 Å². The Bertz CT molecular complexity index is 221. The van der Waals surface area contributed by atoms with Crippen LogP contribution in [-0.2, 0) is 0 Å². The zero-order valence-corrected chi connectivity index (χ0v) is 6.23. The Labute approximate surface area is 65.4 Å². The normalized spacial score (nSPS) is 16.4. The molecular formula is C8H10N2O. The van der Waals surface area contributed by atoms with E-state index in [4.69, 9.17) is 4.74 Å². The quantitative estimate of drug-likeness (QED) is 0.650. The molecule has 0 radical (unpaired) electrons. The highest BCUT2D eigenvalue weighted by atomic mass is 16.5. The first-order chi connectivity index (χ1) is 5.45. The molecule has 0 aromatic carbocycles. The van der Waals surface area contributed by atoms with Crippen LogP contribution in [0.2, 0.25) is 0 Å². The molecule has 1 aromatic rings. The Morgan fingerprint density at radius 2 is 2.36 bits per heavy atom. The summed E-state index contributed by atoms with van der Waals surface area (Å²) in [7, 11) is 0. The molecule has 0 bridgehead atoms. The lowest BCUT2D eigenvalue weighted by Crippen LogP contribution is -2.00. The fraction of sp³-hybridized carbons (Fsp3) is 0.500. The molecule has 1 aromatic heterocycles. The molecule has 3 nitrogen and oxygen atoms in total. The second-order valence-electron chi connectivity index (χ2n) is 2.80. The van der Waals surface area contributed by atoms with Crippen molar-refractivity contribution >= 4 is 0 Å². The highest BCUT2D eigenvalue weighted by molar-refractivity contribution is 5.01. The van der Waals surface area contributed by atoms with Gasteiger partial charge in [0.05, 0.1) is 12.8 Å². The number of rotatable bonds is 3. The summed E-state index contributed by atoms with van der Waals surface area (Å²) in [6.07, 6.45) is 7.54. The van der Waals surface area contributed by atoms with Crippen molar-refractivity contribution < 1.29 is 4.74 Å². The molecule has 0 spiro atoms. The average molecular weight is 150 g/mol. The van der Waals surface area contributed by atoms with Crippen LogP contribution in [0.1, 0.15) is 12.8 Å². The molecule has 0 unspecified atom stereocenters. The number of hydrogen-bond acceptors (Lipinski definition) is 3. The molecule has 2 rings (SSSR count). The third kappa shape index (κ3) is 1.90. The molecule has 0 aliphatic heterocycles. The Morgan fingerprint density at radius 1 is 1.45 bits per heavy atom. The van der Waals surface area contributed by atoms with Gasteiger partial charge in [-0.05, 0) is 18.8 Å². The van der Waals surface area contributed by atoms with Gasteiger partial charge >= 0.3 is 0 Å². The lowest BCUT2D eigenvalue weighted by molar-refractivity contribution is 0.287. The minimum atomic E-state index is 0.638. The molecule has 3 heteroatoms. The summed E-state index contributed by atoms with van der Waals surface area (Å²) in [6, 6.07) is 0. The number of hydrogen-bond donors (Lipinski definition) is 0. The minimum absolute atomic E-state index is 0.638. The highest BCUT2D eigenvalue weighted by Gasteiger charge is 2.21. The molecule has 11 heavy (non-hydrogen) atoms. The first-order valence-electron chi connectivity index (χ1n) is 3.84. The molecule has 58 valence electrons. The van der Waals surface area contributed by atoms with Gasteiger partial charge in [0.2, 0.25) is 5.88 Å². The fourth-order valence-corrected chi connectivity index (χ4v) is 0.848. The van der Waals surface area contributed by atoms with Gasteiger partial charge < -0.3 is 4.74 Å². The van der Waals surface area contributed by atoms with E-state index >= 15 is 0 Å². The van der Waals surface area contributed by atoms with Crippen LogP contribution < -0.4 is 4.74 Å². The van der Waals surface area contributed by atoms with Crippen LogP contribution in [0.15, 0.2) is 18.6 Å². The maximum Gasteiger partial charge on any atom is 0.232 e. The molecule has 0 atom stereocenters. The monoisotopic (exact) mass is 150 g/mol. The van der Waals surface area contributed by atoms with E-state index in [2.05, 4.69) is 9.97 Å². The van der Waals surface area contributed by atoms with Crippen molar-refractivity contribution in [1.82, 2.24) is 9.97 Å². The first-order valence-corrected chi connectivity index (χ1v) is 3.84. The lowest BCUT2D eigenvalue weighted by Gasteiger charge is -2.00. The predicted molar refractivity (Wildman–Crippen MR) is 40.3 cm³/mol. The van der Waals surface area contributed by atoms with E-state index in [-0.39, 0.29) is 0 Å². The molecule has 1 fully saturated rings. The molecule has 0 amide bonds. The molecule has 1 saturated carbocycles. The standard InChI is InChI=1S/C8H10N2O/c1-2-7(1)6-11-8-5-9-3-4-10-8/h3-5,7H,1-2,6H2. The van der Waals surface area contributed by atoms with Gasteiger partial charge in [-0.3, -0.25) is 4.98 Å². The van der Waals surface area contributed by atoms with Crippen molar-refractivity contribution in [3.8, 4) is 5.88 Å². The predicted octanol–water partition coefficient (Wildman–Crippen LogP) is 1.27. The summed E-state index contributed by atoms with van der Waals surface area (Å²) in [5, 5.41) is 0. The van der Waals surface area contributed by atoms with Gasteiger partial charge in [-0.25, -0.2) is 4.98 Å². The van der Waals surface area contributed by atoms with Gasteiger partial charge in [0.25, 0.3) is 0 Å². The topological polar surface area (TPSA) is 35.0 Å².